The molecule has 25 heavy (non-hydrogen) atoms. The maximum absolute atomic E-state index is 12.4. The highest BCUT2D eigenvalue weighted by atomic mass is 16.5. The number of carbonyl (C=O) groups is 2. The van der Waals surface area contributed by atoms with Gasteiger partial charge in [0.05, 0.1) is 19.5 Å². The van der Waals surface area contributed by atoms with Crippen LogP contribution in [0.4, 0.5) is 0 Å². The number of carboxylic acid groups (broad SMARTS) is 1. The molecule has 2 heterocycles. The SMILES string of the molecule is Cn1ccc(C(=O)N2C[C@@H](O)[C@H](Oc3ccc(CC(=O)O)cc3)C2)n1. The third-order valence-electron chi connectivity index (χ3n) is 4.02. The highest BCUT2D eigenvalue weighted by Crippen LogP contribution is 2.21. The summed E-state index contributed by atoms with van der Waals surface area (Å²) in [7, 11) is 1.73. The number of carbonyl (C=O) groups excluding carboxylic acids is 1. The monoisotopic (exact) mass is 345 g/mol. The number of nitrogens with zero attached hydrogens (tertiary/aromatic N) is 3. The van der Waals surface area contributed by atoms with Crippen LogP contribution in [0.5, 0.6) is 5.75 Å². The number of rotatable bonds is 5. The van der Waals surface area contributed by atoms with E-state index in [1.165, 1.54) is 4.90 Å². The predicted molar refractivity (Wildman–Crippen MR) is 87.3 cm³/mol. The molecule has 1 fully saturated rings. The molecule has 1 aliphatic heterocycles. The predicted octanol–water partition coefficient (Wildman–Crippen LogP) is 0.311. The van der Waals surface area contributed by atoms with Crippen LogP contribution in [0.25, 0.3) is 0 Å². The quantitative estimate of drug-likeness (QED) is 0.808. The number of hydrogen-bond donors (Lipinski definition) is 2. The highest BCUT2D eigenvalue weighted by Gasteiger charge is 2.36. The van der Waals surface area contributed by atoms with Crippen LogP contribution in [0.2, 0.25) is 0 Å². The van der Waals surface area contributed by atoms with Crippen molar-refractivity contribution in [1.82, 2.24) is 14.7 Å². The fourth-order valence-electron chi connectivity index (χ4n) is 2.76. The van der Waals surface area contributed by atoms with Crippen LogP contribution in [-0.4, -0.2) is 62.1 Å². The first-order valence-electron chi connectivity index (χ1n) is 7.87. The summed E-state index contributed by atoms with van der Waals surface area (Å²) in [6.45, 7) is 0.435. The number of β-amino-alcohol motifs (C(OH)–C–C–N with tert-alkyl or cyclic N) is 1. The minimum atomic E-state index is -0.899. The molecular formula is C17H19N3O5. The molecule has 1 amide bonds. The number of aromatic nitrogens is 2. The van der Waals surface area contributed by atoms with Gasteiger partial charge in [-0.05, 0) is 23.8 Å². The van der Waals surface area contributed by atoms with Crippen LogP contribution in [-0.2, 0) is 18.3 Å². The van der Waals surface area contributed by atoms with Gasteiger partial charge in [-0.15, -0.1) is 0 Å². The van der Waals surface area contributed by atoms with E-state index in [1.807, 2.05) is 0 Å². The van der Waals surface area contributed by atoms with Crippen LogP contribution >= 0.6 is 0 Å². The van der Waals surface area contributed by atoms with Crippen molar-refractivity contribution in [3.05, 3.63) is 47.8 Å². The van der Waals surface area contributed by atoms with Crippen molar-refractivity contribution in [3.8, 4) is 5.75 Å². The molecule has 0 spiro atoms. The Morgan fingerprint density at radius 1 is 1.24 bits per heavy atom. The van der Waals surface area contributed by atoms with Crippen molar-refractivity contribution in [2.24, 2.45) is 7.05 Å². The van der Waals surface area contributed by atoms with Crippen molar-refractivity contribution < 1.29 is 24.5 Å². The maximum atomic E-state index is 12.4. The van der Waals surface area contributed by atoms with E-state index in [2.05, 4.69) is 5.10 Å². The smallest absolute Gasteiger partial charge is 0.307 e. The summed E-state index contributed by atoms with van der Waals surface area (Å²) in [5.74, 6) is -0.628. The Morgan fingerprint density at radius 3 is 2.56 bits per heavy atom. The molecule has 2 N–H and O–H groups in total. The second-order valence-electron chi connectivity index (χ2n) is 6.02. The summed E-state index contributed by atoms with van der Waals surface area (Å²) in [6.07, 6.45) is 0.287. The van der Waals surface area contributed by atoms with Gasteiger partial charge in [0, 0.05) is 13.2 Å². The number of aliphatic hydroxyl groups is 1. The largest absolute Gasteiger partial charge is 0.486 e. The van der Waals surface area contributed by atoms with E-state index in [-0.39, 0.29) is 25.4 Å². The number of benzene rings is 1. The van der Waals surface area contributed by atoms with E-state index in [0.717, 1.165) is 0 Å². The van der Waals surface area contributed by atoms with E-state index < -0.39 is 18.2 Å². The van der Waals surface area contributed by atoms with Gasteiger partial charge >= 0.3 is 5.97 Å². The normalized spacial score (nSPS) is 19.8. The fraction of sp³-hybridized carbons (Fsp3) is 0.353. The number of hydrogen-bond acceptors (Lipinski definition) is 5. The first kappa shape index (κ1) is 17.0. The van der Waals surface area contributed by atoms with Crippen molar-refractivity contribution in [1.29, 1.82) is 0 Å². The number of aliphatic carboxylic acids is 1. The lowest BCUT2D eigenvalue weighted by atomic mass is 10.1. The molecule has 132 valence electrons. The molecule has 8 nitrogen and oxygen atoms in total. The van der Waals surface area contributed by atoms with E-state index >= 15 is 0 Å². The first-order chi connectivity index (χ1) is 11.9. The third-order valence-corrected chi connectivity index (χ3v) is 4.02. The molecule has 0 saturated carbocycles. The summed E-state index contributed by atoms with van der Waals surface area (Å²) in [5.41, 5.74) is 0.993. The topological polar surface area (TPSA) is 105 Å². The van der Waals surface area contributed by atoms with Gasteiger partial charge in [-0.3, -0.25) is 14.3 Å². The van der Waals surface area contributed by atoms with E-state index in [4.69, 9.17) is 9.84 Å². The molecule has 1 aromatic heterocycles. The Balaban J connectivity index is 1.62. The van der Waals surface area contributed by atoms with Gasteiger partial charge in [-0.25, -0.2) is 0 Å². The van der Waals surface area contributed by atoms with Crippen LogP contribution in [0, 0.1) is 0 Å². The third kappa shape index (κ3) is 3.97. The standard InChI is InChI=1S/C17H19N3O5/c1-19-7-6-13(18-19)17(24)20-9-14(21)15(10-20)25-12-4-2-11(3-5-12)8-16(22)23/h2-7,14-15,21H,8-10H2,1H3,(H,22,23)/t14-,15-/m1/s1. The molecule has 1 aliphatic rings. The zero-order valence-corrected chi connectivity index (χ0v) is 13.7. The van der Waals surface area contributed by atoms with E-state index in [1.54, 1.807) is 48.3 Å². The molecule has 1 aromatic carbocycles. The van der Waals surface area contributed by atoms with E-state index in [9.17, 15) is 14.7 Å². The average Bonchev–Trinajstić information content (AvgIpc) is 3.15. The average molecular weight is 345 g/mol. The molecule has 2 atom stereocenters. The number of aliphatic hydroxyl groups excluding tert-OH is 1. The Hall–Kier alpha value is -2.87. The highest BCUT2D eigenvalue weighted by molar-refractivity contribution is 5.92. The van der Waals surface area contributed by atoms with Gasteiger partial charge in [0.15, 0.2) is 0 Å². The second-order valence-corrected chi connectivity index (χ2v) is 6.02. The van der Waals surface area contributed by atoms with Gasteiger partial charge in [0.2, 0.25) is 0 Å². The summed E-state index contributed by atoms with van der Waals surface area (Å²) in [4.78, 5) is 24.6. The molecule has 3 rings (SSSR count). The first-order valence-corrected chi connectivity index (χ1v) is 7.87. The van der Waals surface area contributed by atoms with Gasteiger partial charge in [-0.2, -0.15) is 5.10 Å². The molecule has 2 aromatic rings. The molecule has 8 heteroatoms. The number of carboxylic acids is 1. The Morgan fingerprint density at radius 2 is 1.96 bits per heavy atom. The lowest BCUT2D eigenvalue weighted by Gasteiger charge is -2.17. The minimum absolute atomic E-state index is 0.0569. The van der Waals surface area contributed by atoms with Crippen LogP contribution in [0.3, 0.4) is 0 Å². The Labute approximate surface area is 144 Å². The molecule has 1 saturated heterocycles. The Kier molecular flexibility index (Phi) is 4.71. The van der Waals surface area contributed by atoms with Crippen molar-refractivity contribution >= 4 is 11.9 Å². The molecular weight excluding hydrogens is 326 g/mol. The van der Waals surface area contributed by atoms with Gasteiger partial charge in [0.1, 0.15) is 23.7 Å². The molecule has 0 unspecified atom stereocenters. The lowest BCUT2D eigenvalue weighted by molar-refractivity contribution is -0.136. The van der Waals surface area contributed by atoms with Crippen LogP contribution in [0.1, 0.15) is 16.1 Å². The molecule has 0 aliphatic carbocycles. The van der Waals surface area contributed by atoms with Gasteiger partial charge in [-0.1, -0.05) is 12.1 Å². The number of aryl methyl sites for hydroxylation is 1. The summed E-state index contributed by atoms with van der Waals surface area (Å²) >= 11 is 0. The molecule has 0 bridgehead atoms. The van der Waals surface area contributed by atoms with Crippen molar-refractivity contribution in [2.75, 3.05) is 13.1 Å². The molecule has 0 radical (unpaired) electrons. The summed E-state index contributed by atoms with van der Waals surface area (Å²) < 4.78 is 7.30. The van der Waals surface area contributed by atoms with E-state index in [0.29, 0.717) is 17.0 Å². The van der Waals surface area contributed by atoms with Gasteiger partial charge < -0.3 is 19.8 Å². The van der Waals surface area contributed by atoms with Crippen LogP contribution < -0.4 is 4.74 Å². The number of likely N-dealkylation sites (tertiary alicyclic amines) is 1. The zero-order chi connectivity index (χ0) is 18.0. The summed E-state index contributed by atoms with van der Waals surface area (Å²) in [5, 5.41) is 23.0. The minimum Gasteiger partial charge on any atom is -0.486 e. The maximum Gasteiger partial charge on any atom is 0.307 e. The van der Waals surface area contributed by atoms with Crippen LogP contribution in [0.15, 0.2) is 36.5 Å². The Bertz CT molecular complexity index is 771. The summed E-state index contributed by atoms with van der Waals surface area (Å²) in [6, 6.07) is 8.29. The van der Waals surface area contributed by atoms with Crippen molar-refractivity contribution in [3.63, 3.8) is 0 Å². The van der Waals surface area contributed by atoms with Gasteiger partial charge in [0.25, 0.3) is 5.91 Å². The number of ether oxygens (including phenoxy) is 1. The second kappa shape index (κ2) is 6.94. The fourth-order valence-corrected chi connectivity index (χ4v) is 2.76. The van der Waals surface area contributed by atoms with Crippen molar-refractivity contribution in [2.45, 2.75) is 18.6 Å². The number of amides is 1. The lowest BCUT2D eigenvalue weighted by Crippen LogP contribution is -2.31. The zero-order valence-electron chi connectivity index (χ0n) is 13.7.